The van der Waals surface area contributed by atoms with Crippen molar-refractivity contribution >= 4 is 40.2 Å². The summed E-state index contributed by atoms with van der Waals surface area (Å²) in [6.07, 6.45) is 1.08. The molecule has 0 spiro atoms. The molecule has 0 fully saturated rings. The van der Waals surface area contributed by atoms with Crippen LogP contribution in [0, 0.1) is 3.57 Å². The van der Waals surface area contributed by atoms with Gasteiger partial charge in [-0.1, -0.05) is 27.7 Å². The second kappa shape index (κ2) is 8.38. The molecule has 1 aromatic rings. The summed E-state index contributed by atoms with van der Waals surface area (Å²) < 4.78 is 6.51. The Morgan fingerprint density at radius 2 is 2.00 bits per heavy atom. The Balaban J connectivity index is 2.95. The maximum Gasteiger partial charge on any atom is 0.143 e. The highest BCUT2D eigenvalue weighted by molar-refractivity contribution is 14.1. The van der Waals surface area contributed by atoms with Gasteiger partial charge in [0.2, 0.25) is 0 Å². The van der Waals surface area contributed by atoms with E-state index in [1.807, 2.05) is 11.8 Å². The number of thioether (sulfide) groups is 1. The molecule has 114 valence electrons. The molecule has 1 aromatic heterocycles. The highest BCUT2D eigenvalue weighted by Crippen LogP contribution is 2.28. The van der Waals surface area contributed by atoms with Gasteiger partial charge in [-0.15, -0.1) is 11.8 Å². The number of hydrogen-bond donors (Lipinski definition) is 1. The predicted molar refractivity (Wildman–Crippen MR) is 95.3 cm³/mol. The summed E-state index contributed by atoms with van der Waals surface area (Å²) in [4.78, 5) is 9.28. The molecular formula is C14H24IN3OS. The van der Waals surface area contributed by atoms with Crippen molar-refractivity contribution in [3.05, 3.63) is 15.1 Å². The summed E-state index contributed by atoms with van der Waals surface area (Å²) in [5.41, 5.74) is 0.964. The van der Waals surface area contributed by atoms with Crippen molar-refractivity contribution in [3.63, 3.8) is 0 Å². The molecule has 0 amide bonds. The molecule has 6 heteroatoms. The molecule has 1 rings (SSSR count). The van der Waals surface area contributed by atoms with Gasteiger partial charge in [-0.3, -0.25) is 0 Å². The minimum atomic E-state index is 0.213. The first-order chi connectivity index (χ1) is 9.37. The smallest absolute Gasteiger partial charge is 0.143 e. The van der Waals surface area contributed by atoms with E-state index in [1.54, 1.807) is 7.11 Å². The van der Waals surface area contributed by atoms with Gasteiger partial charge in [0.1, 0.15) is 11.6 Å². The number of ether oxygens (including phenoxy) is 1. The van der Waals surface area contributed by atoms with Crippen LogP contribution in [-0.2, 0) is 17.1 Å². The van der Waals surface area contributed by atoms with Gasteiger partial charge in [0.05, 0.1) is 21.6 Å². The van der Waals surface area contributed by atoms with Crippen LogP contribution in [0.2, 0.25) is 0 Å². The minimum Gasteiger partial charge on any atom is -0.378 e. The summed E-state index contributed by atoms with van der Waals surface area (Å²) in [7, 11) is 1.70. The lowest BCUT2D eigenvalue weighted by Crippen LogP contribution is -2.13. The molecule has 0 aliphatic carbocycles. The van der Waals surface area contributed by atoms with Gasteiger partial charge in [-0.05, 0) is 29.0 Å². The largest absolute Gasteiger partial charge is 0.378 e. The molecule has 0 unspecified atom stereocenters. The average Bonchev–Trinajstić information content (AvgIpc) is 2.37. The third-order valence-electron chi connectivity index (χ3n) is 2.42. The first kappa shape index (κ1) is 18.0. The topological polar surface area (TPSA) is 47.0 Å². The quantitative estimate of drug-likeness (QED) is 0.688. The van der Waals surface area contributed by atoms with Crippen LogP contribution < -0.4 is 5.32 Å². The van der Waals surface area contributed by atoms with E-state index in [4.69, 9.17) is 4.74 Å². The van der Waals surface area contributed by atoms with Gasteiger partial charge in [0.25, 0.3) is 0 Å². The Bertz CT molecular complexity index is 435. The van der Waals surface area contributed by atoms with E-state index in [9.17, 15) is 0 Å². The third kappa shape index (κ3) is 6.13. The Hall–Kier alpha value is -0.0800. The van der Waals surface area contributed by atoms with Crippen molar-refractivity contribution in [2.75, 3.05) is 19.0 Å². The first-order valence-electron chi connectivity index (χ1n) is 6.79. The third-order valence-corrected chi connectivity index (χ3v) is 4.83. The molecule has 0 aliphatic heterocycles. The van der Waals surface area contributed by atoms with Gasteiger partial charge in [-0.2, -0.15) is 0 Å². The van der Waals surface area contributed by atoms with Crippen molar-refractivity contribution in [1.29, 1.82) is 0 Å². The lowest BCUT2D eigenvalue weighted by molar-refractivity contribution is 0.180. The number of methoxy groups -OCH3 is 1. The maximum absolute atomic E-state index is 5.24. The summed E-state index contributed by atoms with van der Waals surface area (Å²) in [5, 5.41) is 3.38. The molecule has 20 heavy (non-hydrogen) atoms. The van der Waals surface area contributed by atoms with E-state index >= 15 is 0 Å². The maximum atomic E-state index is 5.24. The van der Waals surface area contributed by atoms with Crippen LogP contribution in [0.4, 0.5) is 5.82 Å². The van der Waals surface area contributed by atoms with Crippen molar-refractivity contribution in [1.82, 2.24) is 9.97 Å². The minimum absolute atomic E-state index is 0.213. The SMILES string of the molecule is CCCNc1nc(CSC(C)(C)C)nc(COC)c1I. The van der Waals surface area contributed by atoms with Crippen LogP contribution >= 0.6 is 34.4 Å². The van der Waals surface area contributed by atoms with Crippen molar-refractivity contribution in [3.8, 4) is 0 Å². The van der Waals surface area contributed by atoms with Gasteiger partial charge >= 0.3 is 0 Å². The molecule has 1 N–H and O–H groups in total. The van der Waals surface area contributed by atoms with E-state index in [1.165, 1.54) is 0 Å². The van der Waals surface area contributed by atoms with E-state index in [0.29, 0.717) is 6.61 Å². The Labute approximate surface area is 140 Å². The number of anilines is 1. The standard InChI is InChI=1S/C14H24IN3OS/c1-6-7-16-13-12(15)10(8-19-5)17-11(18-13)9-20-14(2,3)4/h6-9H2,1-5H3,(H,16,17,18). The fraction of sp³-hybridized carbons (Fsp3) is 0.714. The molecule has 0 atom stereocenters. The Morgan fingerprint density at radius 1 is 1.30 bits per heavy atom. The zero-order chi connectivity index (χ0) is 15.2. The lowest BCUT2D eigenvalue weighted by Gasteiger charge is -2.18. The highest BCUT2D eigenvalue weighted by atomic mass is 127. The van der Waals surface area contributed by atoms with Crippen LogP contribution in [0.1, 0.15) is 45.6 Å². The summed E-state index contributed by atoms with van der Waals surface area (Å²) in [5.74, 6) is 2.62. The highest BCUT2D eigenvalue weighted by Gasteiger charge is 2.15. The van der Waals surface area contributed by atoms with E-state index in [2.05, 4.69) is 65.6 Å². The van der Waals surface area contributed by atoms with Gasteiger partial charge in [-0.25, -0.2) is 9.97 Å². The molecule has 4 nitrogen and oxygen atoms in total. The van der Waals surface area contributed by atoms with E-state index in [-0.39, 0.29) is 4.75 Å². The zero-order valence-corrected chi connectivity index (χ0v) is 15.9. The van der Waals surface area contributed by atoms with Crippen molar-refractivity contribution < 1.29 is 4.74 Å². The molecule has 1 heterocycles. The van der Waals surface area contributed by atoms with Crippen molar-refractivity contribution in [2.45, 2.75) is 51.2 Å². The average molecular weight is 409 g/mol. The number of rotatable bonds is 7. The fourth-order valence-electron chi connectivity index (χ4n) is 1.48. The molecule has 0 aromatic carbocycles. The second-order valence-corrected chi connectivity index (χ2v) is 8.39. The number of nitrogens with zero attached hydrogens (tertiary/aromatic N) is 2. The molecule has 0 bridgehead atoms. The summed E-state index contributed by atoms with van der Waals surface area (Å²) in [6, 6.07) is 0. The van der Waals surface area contributed by atoms with Crippen LogP contribution in [-0.4, -0.2) is 28.4 Å². The zero-order valence-electron chi connectivity index (χ0n) is 12.9. The number of halogens is 1. The molecule has 0 radical (unpaired) electrons. The van der Waals surface area contributed by atoms with Gasteiger partial charge < -0.3 is 10.1 Å². The second-order valence-electron chi connectivity index (χ2n) is 5.51. The van der Waals surface area contributed by atoms with E-state index < -0.39 is 0 Å². The van der Waals surface area contributed by atoms with E-state index in [0.717, 1.165) is 39.6 Å². The predicted octanol–water partition coefficient (Wildman–Crippen LogP) is 4.08. The number of hydrogen-bond acceptors (Lipinski definition) is 5. The molecule has 0 saturated heterocycles. The van der Waals surface area contributed by atoms with Crippen LogP contribution in [0.25, 0.3) is 0 Å². The first-order valence-corrected chi connectivity index (χ1v) is 8.86. The Morgan fingerprint density at radius 3 is 2.55 bits per heavy atom. The van der Waals surface area contributed by atoms with Crippen LogP contribution in [0.3, 0.4) is 0 Å². The lowest BCUT2D eigenvalue weighted by atomic mass is 10.3. The molecular weight excluding hydrogens is 385 g/mol. The number of nitrogens with one attached hydrogen (secondary N) is 1. The normalized spacial score (nSPS) is 11.7. The summed E-state index contributed by atoms with van der Waals surface area (Å²) in [6.45, 7) is 10.2. The molecule has 0 aliphatic rings. The Kier molecular flexibility index (Phi) is 7.53. The molecule has 0 saturated carbocycles. The van der Waals surface area contributed by atoms with Crippen LogP contribution in [0.5, 0.6) is 0 Å². The summed E-state index contributed by atoms with van der Waals surface area (Å²) >= 11 is 4.15. The fourth-order valence-corrected chi connectivity index (χ4v) is 2.76. The van der Waals surface area contributed by atoms with Gasteiger partial charge in [0.15, 0.2) is 0 Å². The monoisotopic (exact) mass is 409 g/mol. The van der Waals surface area contributed by atoms with Gasteiger partial charge in [0, 0.05) is 18.4 Å². The van der Waals surface area contributed by atoms with Crippen molar-refractivity contribution in [2.24, 2.45) is 0 Å². The van der Waals surface area contributed by atoms with Crippen LogP contribution in [0.15, 0.2) is 0 Å². The number of aromatic nitrogens is 2.